The van der Waals surface area contributed by atoms with Gasteiger partial charge in [0.05, 0.1) is 6.61 Å². The average molecular weight is 298 g/mol. The first-order valence-electron chi connectivity index (χ1n) is 7.29. The Kier molecular flexibility index (Phi) is 3.93. The lowest BCUT2D eigenvalue weighted by Crippen LogP contribution is -2.02. The topological polar surface area (TPSA) is 26.3 Å². The van der Waals surface area contributed by atoms with E-state index in [9.17, 15) is 4.79 Å². The van der Waals surface area contributed by atoms with Gasteiger partial charge in [-0.2, -0.15) is 0 Å². The van der Waals surface area contributed by atoms with Gasteiger partial charge in [-0.25, -0.2) is 0 Å². The summed E-state index contributed by atoms with van der Waals surface area (Å²) >= 11 is 1.65. The lowest BCUT2D eigenvalue weighted by atomic mass is 10.1. The standard InChI is InChI=1S/C18H18O2S/c1-3-4-9-20-13-6-7-14-17(11-13)21-16-8-5-12(2)10-15(16)18(14)19/h5-8,10-11H,3-4,9H2,1-2H3. The van der Waals surface area contributed by atoms with Crippen molar-refractivity contribution in [2.45, 2.75) is 26.7 Å². The summed E-state index contributed by atoms with van der Waals surface area (Å²) in [5, 5.41) is 1.59. The van der Waals surface area contributed by atoms with Crippen LogP contribution in [0.2, 0.25) is 0 Å². The molecule has 0 radical (unpaired) electrons. The Morgan fingerprint density at radius 2 is 1.90 bits per heavy atom. The van der Waals surface area contributed by atoms with Crippen molar-refractivity contribution in [1.29, 1.82) is 0 Å². The molecule has 3 rings (SSSR count). The monoisotopic (exact) mass is 298 g/mol. The van der Waals surface area contributed by atoms with Crippen molar-refractivity contribution in [3.8, 4) is 5.75 Å². The molecule has 0 fully saturated rings. The zero-order chi connectivity index (χ0) is 14.8. The Morgan fingerprint density at radius 1 is 1.05 bits per heavy atom. The van der Waals surface area contributed by atoms with E-state index in [1.165, 1.54) is 0 Å². The summed E-state index contributed by atoms with van der Waals surface area (Å²) < 4.78 is 7.75. The number of hydrogen-bond donors (Lipinski definition) is 0. The molecule has 0 amide bonds. The van der Waals surface area contributed by atoms with Crippen molar-refractivity contribution in [1.82, 2.24) is 0 Å². The fourth-order valence-electron chi connectivity index (χ4n) is 2.37. The van der Waals surface area contributed by atoms with Gasteiger partial charge in [-0.15, -0.1) is 11.3 Å². The minimum absolute atomic E-state index is 0.113. The molecule has 0 aliphatic heterocycles. The van der Waals surface area contributed by atoms with E-state index in [4.69, 9.17) is 4.74 Å². The molecule has 0 atom stereocenters. The highest BCUT2D eigenvalue weighted by Crippen LogP contribution is 2.28. The van der Waals surface area contributed by atoms with Gasteiger partial charge in [-0.05, 0) is 43.7 Å². The Morgan fingerprint density at radius 3 is 2.71 bits per heavy atom. The van der Waals surface area contributed by atoms with E-state index in [0.717, 1.165) is 50.9 Å². The number of aryl methyl sites for hydroxylation is 1. The number of ether oxygens (including phenoxy) is 1. The third-order valence-corrected chi connectivity index (χ3v) is 4.70. The summed E-state index contributed by atoms with van der Waals surface area (Å²) in [4.78, 5) is 12.6. The van der Waals surface area contributed by atoms with Crippen LogP contribution < -0.4 is 10.2 Å². The van der Waals surface area contributed by atoms with Crippen LogP contribution in [0.1, 0.15) is 25.3 Å². The zero-order valence-corrected chi connectivity index (χ0v) is 13.1. The quantitative estimate of drug-likeness (QED) is 0.506. The minimum atomic E-state index is 0.113. The largest absolute Gasteiger partial charge is 0.494 e. The van der Waals surface area contributed by atoms with Gasteiger partial charge in [-0.1, -0.05) is 25.0 Å². The molecular weight excluding hydrogens is 280 g/mol. The van der Waals surface area contributed by atoms with Gasteiger partial charge in [-0.3, -0.25) is 4.79 Å². The molecule has 0 saturated carbocycles. The highest BCUT2D eigenvalue weighted by Gasteiger charge is 2.07. The maximum absolute atomic E-state index is 12.6. The summed E-state index contributed by atoms with van der Waals surface area (Å²) in [6.45, 7) is 4.88. The molecule has 3 heteroatoms. The first kappa shape index (κ1) is 14.1. The molecule has 0 aliphatic carbocycles. The van der Waals surface area contributed by atoms with Crippen LogP contribution in [0.25, 0.3) is 20.2 Å². The molecule has 1 aromatic heterocycles. The SMILES string of the molecule is CCCCOc1ccc2c(=O)c3cc(C)ccc3sc2c1. The highest BCUT2D eigenvalue weighted by atomic mass is 32.1. The van der Waals surface area contributed by atoms with Crippen LogP contribution in [-0.2, 0) is 0 Å². The minimum Gasteiger partial charge on any atom is -0.494 e. The number of benzene rings is 2. The van der Waals surface area contributed by atoms with Crippen LogP contribution in [0, 0.1) is 6.92 Å². The van der Waals surface area contributed by atoms with E-state index < -0.39 is 0 Å². The first-order chi connectivity index (χ1) is 10.2. The summed E-state index contributed by atoms with van der Waals surface area (Å²) in [7, 11) is 0. The van der Waals surface area contributed by atoms with Crippen LogP contribution >= 0.6 is 11.3 Å². The highest BCUT2D eigenvalue weighted by molar-refractivity contribution is 7.24. The van der Waals surface area contributed by atoms with Gasteiger partial charge in [0.2, 0.25) is 0 Å². The third-order valence-electron chi connectivity index (χ3n) is 3.56. The Balaban J connectivity index is 2.11. The van der Waals surface area contributed by atoms with Gasteiger partial charge in [0.1, 0.15) is 5.75 Å². The molecule has 3 aromatic rings. The molecule has 0 bridgehead atoms. The third kappa shape index (κ3) is 2.79. The van der Waals surface area contributed by atoms with Crippen LogP contribution in [-0.4, -0.2) is 6.61 Å². The molecule has 0 saturated heterocycles. The normalized spacial score (nSPS) is 11.1. The Bertz CT molecular complexity index is 849. The van der Waals surface area contributed by atoms with Crippen molar-refractivity contribution in [3.63, 3.8) is 0 Å². The first-order valence-corrected chi connectivity index (χ1v) is 8.10. The predicted octanol–water partition coefficient (Wildman–Crippen LogP) is 4.90. The Labute approximate surface area is 128 Å². The number of unbranched alkanes of at least 4 members (excludes halogenated alkanes) is 1. The molecule has 2 nitrogen and oxygen atoms in total. The fourth-order valence-corrected chi connectivity index (χ4v) is 3.45. The van der Waals surface area contributed by atoms with E-state index in [1.807, 2.05) is 43.3 Å². The lowest BCUT2D eigenvalue weighted by Gasteiger charge is -2.07. The van der Waals surface area contributed by atoms with Gasteiger partial charge >= 0.3 is 0 Å². The zero-order valence-electron chi connectivity index (χ0n) is 12.3. The molecular formula is C18H18O2S. The van der Waals surface area contributed by atoms with Crippen molar-refractivity contribution in [2.24, 2.45) is 0 Å². The van der Waals surface area contributed by atoms with E-state index in [-0.39, 0.29) is 5.43 Å². The van der Waals surface area contributed by atoms with Gasteiger partial charge in [0.15, 0.2) is 5.43 Å². The predicted molar refractivity (Wildman–Crippen MR) is 90.7 cm³/mol. The van der Waals surface area contributed by atoms with E-state index >= 15 is 0 Å². The van der Waals surface area contributed by atoms with Gasteiger partial charge in [0.25, 0.3) is 0 Å². The van der Waals surface area contributed by atoms with E-state index in [0.29, 0.717) is 0 Å². The molecule has 1 heterocycles. The van der Waals surface area contributed by atoms with E-state index in [2.05, 4.69) is 6.92 Å². The van der Waals surface area contributed by atoms with Crippen LogP contribution in [0.4, 0.5) is 0 Å². The van der Waals surface area contributed by atoms with Crippen molar-refractivity contribution in [3.05, 3.63) is 52.2 Å². The van der Waals surface area contributed by atoms with Crippen molar-refractivity contribution >= 4 is 31.5 Å². The smallest absolute Gasteiger partial charge is 0.195 e. The van der Waals surface area contributed by atoms with Crippen molar-refractivity contribution < 1.29 is 4.74 Å². The van der Waals surface area contributed by atoms with Crippen LogP contribution in [0.5, 0.6) is 5.75 Å². The summed E-state index contributed by atoms with van der Waals surface area (Å²) in [6, 6.07) is 11.8. The fraction of sp³-hybridized carbons (Fsp3) is 0.278. The summed E-state index contributed by atoms with van der Waals surface area (Å²) in [6.07, 6.45) is 2.16. The molecule has 2 aromatic carbocycles. The average Bonchev–Trinajstić information content (AvgIpc) is 2.48. The summed E-state index contributed by atoms with van der Waals surface area (Å²) in [5.41, 5.74) is 1.23. The van der Waals surface area contributed by atoms with Crippen molar-refractivity contribution in [2.75, 3.05) is 6.61 Å². The molecule has 108 valence electrons. The lowest BCUT2D eigenvalue weighted by molar-refractivity contribution is 0.310. The van der Waals surface area contributed by atoms with Gasteiger partial charge < -0.3 is 4.74 Å². The maximum Gasteiger partial charge on any atom is 0.195 e. The second-order valence-corrected chi connectivity index (χ2v) is 6.37. The number of fused-ring (bicyclic) bond motifs is 2. The van der Waals surface area contributed by atoms with Crippen LogP contribution in [0.3, 0.4) is 0 Å². The molecule has 0 N–H and O–H groups in total. The second kappa shape index (κ2) is 5.86. The van der Waals surface area contributed by atoms with E-state index in [1.54, 1.807) is 11.3 Å². The molecule has 0 spiro atoms. The van der Waals surface area contributed by atoms with Crippen LogP contribution in [0.15, 0.2) is 41.2 Å². The number of rotatable bonds is 4. The Hall–Kier alpha value is -1.87. The van der Waals surface area contributed by atoms with Gasteiger partial charge in [0, 0.05) is 20.2 Å². The molecule has 21 heavy (non-hydrogen) atoms. The number of hydrogen-bond acceptors (Lipinski definition) is 3. The maximum atomic E-state index is 12.6. The molecule has 0 unspecified atom stereocenters. The molecule has 0 aliphatic rings. The second-order valence-electron chi connectivity index (χ2n) is 5.29. The summed E-state index contributed by atoms with van der Waals surface area (Å²) in [5.74, 6) is 0.845.